The summed E-state index contributed by atoms with van der Waals surface area (Å²) in [6.45, 7) is 2.01. The Morgan fingerprint density at radius 1 is 1.29 bits per heavy atom. The van der Waals surface area contributed by atoms with Gasteiger partial charge < -0.3 is 14.2 Å². The molecule has 0 bridgehead atoms. The van der Waals surface area contributed by atoms with E-state index in [4.69, 9.17) is 14.2 Å². The minimum atomic E-state index is -4.68. The second kappa shape index (κ2) is 4.84. The molecule has 3 atom stereocenters. The fourth-order valence-electron chi connectivity index (χ4n) is 3.65. The molecule has 7 heteroatoms. The number of alkyl halides is 3. The van der Waals surface area contributed by atoms with Crippen LogP contribution < -0.4 is 0 Å². The van der Waals surface area contributed by atoms with E-state index in [1.54, 1.807) is 6.92 Å². The standard InChI is InChI=1S/C14H19F3O4/c1-2-19-9-8-13(14(15,16)17)10(9)20-12(21-11(13)18)6-4-3-5-7-12/h9-10H,2-8H2,1H3/t9-,10-,13-/m1/s1. The van der Waals surface area contributed by atoms with Crippen LogP contribution in [-0.2, 0) is 19.0 Å². The number of esters is 1. The number of carbonyl (C=O) groups excluding carboxylic acids is 1. The van der Waals surface area contributed by atoms with Crippen molar-refractivity contribution in [3.63, 3.8) is 0 Å². The van der Waals surface area contributed by atoms with Gasteiger partial charge in [-0.05, 0) is 19.8 Å². The summed E-state index contributed by atoms with van der Waals surface area (Å²) >= 11 is 0. The number of ether oxygens (including phenoxy) is 3. The molecule has 3 rings (SSSR count). The molecule has 0 radical (unpaired) electrons. The Bertz CT molecular complexity index is 430. The van der Waals surface area contributed by atoms with Crippen LogP contribution in [-0.4, -0.2) is 36.7 Å². The number of hydrogen-bond donors (Lipinski definition) is 0. The minimum absolute atomic E-state index is 0.292. The van der Waals surface area contributed by atoms with Crippen LogP contribution >= 0.6 is 0 Å². The second-order valence-electron chi connectivity index (χ2n) is 6.07. The van der Waals surface area contributed by atoms with Crippen LogP contribution in [0, 0.1) is 5.41 Å². The van der Waals surface area contributed by atoms with Gasteiger partial charge >= 0.3 is 12.1 Å². The third kappa shape index (κ3) is 2.08. The van der Waals surface area contributed by atoms with E-state index in [1.807, 2.05) is 0 Å². The van der Waals surface area contributed by atoms with Gasteiger partial charge in [0.25, 0.3) is 0 Å². The lowest BCUT2D eigenvalue weighted by molar-refractivity contribution is -0.405. The van der Waals surface area contributed by atoms with Gasteiger partial charge in [-0.2, -0.15) is 13.2 Å². The van der Waals surface area contributed by atoms with E-state index >= 15 is 0 Å². The van der Waals surface area contributed by atoms with E-state index in [-0.39, 0.29) is 0 Å². The number of hydrogen-bond acceptors (Lipinski definition) is 4. The van der Waals surface area contributed by atoms with Gasteiger partial charge in [0.1, 0.15) is 6.10 Å². The molecule has 1 spiro atoms. The van der Waals surface area contributed by atoms with E-state index in [2.05, 4.69) is 0 Å². The number of carbonyl (C=O) groups is 1. The van der Waals surface area contributed by atoms with E-state index < -0.39 is 42.0 Å². The zero-order valence-corrected chi connectivity index (χ0v) is 11.9. The third-order valence-corrected chi connectivity index (χ3v) is 4.83. The molecule has 120 valence electrons. The highest BCUT2D eigenvalue weighted by Crippen LogP contribution is 2.60. The molecule has 3 aliphatic rings. The molecule has 0 unspecified atom stereocenters. The summed E-state index contributed by atoms with van der Waals surface area (Å²) in [4.78, 5) is 12.2. The predicted octanol–water partition coefficient (Wildman–Crippen LogP) is 2.95. The summed E-state index contributed by atoms with van der Waals surface area (Å²) in [5, 5.41) is 0. The van der Waals surface area contributed by atoms with Crippen molar-refractivity contribution in [2.75, 3.05) is 6.61 Å². The first-order valence-corrected chi connectivity index (χ1v) is 7.44. The topological polar surface area (TPSA) is 44.8 Å². The van der Waals surface area contributed by atoms with Crippen molar-refractivity contribution in [2.24, 2.45) is 5.41 Å². The van der Waals surface area contributed by atoms with Gasteiger partial charge in [-0.25, -0.2) is 0 Å². The molecule has 1 saturated heterocycles. The van der Waals surface area contributed by atoms with Crippen molar-refractivity contribution in [3.8, 4) is 0 Å². The van der Waals surface area contributed by atoms with Crippen molar-refractivity contribution >= 4 is 5.97 Å². The smallest absolute Gasteiger partial charge is 0.407 e. The lowest BCUT2D eigenvalue weighted by Crippen LogP contribution is -2.74. The Balaban J connectivity index is 1.89. The number of rotatable bonds is 2. The third-order valence-electron chi connectivity index (χ3n) is 4.83. The highest BCUT2D eigenvalue weighted by molar-refractivity contribution is 5.81. The maximum Gasteiger partial charge on any atom is 0.407 e. The van der Waals surface area contributed by atoms with Crippen molar-refractivity contribution in [1.29, 1.82) is 0 Å². The van der Waals surface area contributed by atoms with Crippen molar-refractivity contribution in [2.45, 2.75) is 69.6 Å². The van der Waals surface area contributed by atoms with Crippen LogP contribution in [0.3, 0.4) is 0 Å². The Morgan fingerprint density at radius 2 is 1.95 bits per heavy atom. The lowest BCUT2D eigenvalue weighted by Gasteiger charge is -2.59. The Kier molecular flexibility index (Phi) is 3.48. The average Bonchev–Trinajstić information content (AvgIpc) is 2.39. The van der Waals surface area contributed by atoms with E-state index in [0.29, 0.717) is 19.4 Å². The summed E-state index contributed by atoms with van der Waals surface area (Å²) < 4.78 is 56.4. The molecular formula is C14H19F3O4. The summed E-state index contributed by atoms with van der Waals surface area (Å²) in [7, 11) is 0. The van der Waals surface area contributed by atoms with Gasteiger partial charge in [-0.15, -0.1) is 0 Å². The molecule has 3 fully saturated rings. The highest BCUT2D eigenvalue weighted by Gasteiger charge is 2.79. The molecule has 2 saturated carbocycles. The van der Waals surface area contributed by atoms with Crippen molar-refractivity contribution in [3.05, 3.63) is 0 Å². The molecule has 0 aromatic rings. The fraction of sp³-hybridized carbons (Fsp3) is 0.929. The maximum atomic E-state index is 13.4. The zero-order valence-electron chi connectivity index (χ0n) is 11.9. The summed E-state index contributed by atoms with van der Waals surface area (Å²) in [5.74, 6) is -2.37. The molecule has 0 aromatic heterocycles. The Hall–Kier alpha value is -0.820. The van der Waals surface area contributed by atoms with Crippen LogP contribution in [0.4, 0.5) is 13.2 Å². The van der Waals surface area contributed by atoms with Crippen LogP contribution in [0.5, 0.6) is 0 Å². The first-order chi connectivity index (χ1) is 9.85. The molecule has 1 aliphatic heterocycles. The maximum absolute atomic E-state index is 13.4. The van der Waals surface area contributed by atoms with E-state index in [9.17, 15) is 18.0 Å². The van der Waals surface area contributed by atoms with Gasteiger partial charge in [0, 0.05) is 25.9 Å². The number of fused-ring (bicyclic) bond motifs is 1. The molecule has 4 nitrogen and oxygen atoms in total. The largest absolute Gasteiger partial charge is 0.432 e. The fourth-order valence-corrected chi connectivity index (χ4v) is 3.65. The minimum Gasteiger partial charge on any atom is -0.432 e. The van der Waals surface area contributed by atoms with Gasteiger partial charge in [0.05, 0.1) is 6.10 Å². The van der Waals surface area contributed by atoms with Gasteiger partial charge in [0.2, 0.25) is 5.79 Å². The normalized spacial score (nSPS) is 38.6. The predicted molar refractivity (Wildman–Crippen MR) is 65.3 cm³/mol. The number of halogens is 3. The second-order valence-corrected chi connectivity index (χ2v) is 6.07. The quantitative estimate of drug-likeness (QED) is 0.736. The van der Waals surface area contributed by atoms with Gasteiger partial charge in [-0.3, -0.25) is 4.79 Å². The molecule has 1 heterocycles. The highest BCUT2D eigenvalue weighted by atomic mass is 19.4. The van der Waals surface area contributed by atoms with E-state index in [1.165, 1.54) is 0 Å². The van der Waals surface area contributed by atoms with Crippen LogP contribution in [0.25, 0.3) is 0 Å². The zero-order chi connectivity index (χ0) is 15.3. The SMILES string of the molecule is CCO[C@@H]1C[C@]2(C(F)(F)F)C(=O)OC3(CCCCC3)O[C@H]12. The van der Waals surface area contributed by atoms with Crippen molar-refractivity contribution < 1.29 is 32.2 Å². The van der Waals surface area contributed by atoms with Crippen LogP contribution in [0.1, 0.15) is 45.4 Å². The van der Waals surface area contributed by atoms with Gasteiger partial charge in [-0.1, -0.05) is 6.42 Å². The van der Waals surface area contributed by atoms with Crippen LogP contribution in [0.2, 0.25) is 0 Å². The summed E-state index contributed by atoms with van der Waals surface area (Å²) in [6.07, 6.45) is -3.59. The van der Waals surface area contributed by atoms with Gasteiger partial charge in [0.15, 0.2) is 5.41 Å². The molecule has 21 heavy (non-hydrogen) atoms. The first-order valence-electron chi connectivity index (χ1n) is 7.44. The molecule has 2 aliphatic carbocycles. The van der Waals surface area contributed by atoms with E-state index in [0.717, 1.165) is 19.3 Å². The molecule has 0 N–H and O–H groups in total. The van der Waals surface area contributed by atoms with Crippen molar-refractivity contribution in [1.82, 2.24) is 0 Å². The monoisotopic (exact) mass is 308 g/mol. The molecule has 0 amide bonds. The molecular weight excluding hydrogens is 289 g/mol. The van der Waals surface area contributed by atoms with Crippen LogP contribution in [0.15, 0.2) is 0 Å². The Labute approximate surface area is 120 Å². The molecule has 0 aromatic carbocycles. The lowest BCUT2D eigenvalue weighted by atomic mass is 9.62. The Morgan fingerprint density at radius 3 is 2.52 bits per heavy atom. The summed E-state index contributed by atoms with van der Waals surface area (Å²) in [6, 6.07) is 0. The first kappa shape index (κ1) is 15.1. The average molecular weight is 308 g/mol. The summed E-state index contributed by atoms with van der Waals surface area (Å²) in [5.41, 5.74) is -2.55.